The van der Waals surface area contributed by atoms with E-state index in [1.807, 2.05) is 0 Å². The molecule has 0 bridgehead atoms. The zero-order valence-corrected chi connectivity index (χ0v) is 36.3. The molecule has 4 heterocycles. The fraction of sp³-hybridized carbons (Fsp3) is 0.472. The Hall–Kier alpha value is -4.18. The molecule has 6 atom stereocenters. The number of allylic oxidation sites excluding steroid dienone is 7. The molecule has 0 amide bonds. The lowest BCUT2D eigenvalue weighted by atomic mass is 9.27. The topological polar surface area (TPSA) is 19.6 Å². The molecule has 4 aliphatic carbocycles. The van der Waals surface area contributed by atoms with Crippen LogP contribution in [0.25, 0.3) is 21.9 Å². The van der Waals surface area contributed by atoms with Crippen LogP contribution in [0.4, 0.5) is 11.4 Å². The second kappa shape index (κ2) is 11.5. The van der Waals surface area contributed by atoms with Crippen molar-refractivity contribution in [2.24, 2.45) is 28.6 Å². The summed E-state index contributed by atoms with van der Waals surface area (Å²) < 4.78 is 7.13. The number of nitrogens with zero attached hydrogens (tertiary/aromatic N) is 2. The molecule has 1 saturated carbocycles. The largest absolute Gasteiger partial charge is 0.454 e. The van der Waals surface area contributed by atoms with Gasteiger partial charge in [-0.3, -0.25) is 0 Å². The fourth-order valence-electron chi connectivity index (χ4n) is 13.1. The molecule has 3 nitrogen and oxygen atoms in total. The van der Waals surface area contributed by atoms with Crippen molar-refractivity contribution in [2.75, 3.05) is 4.90 Å². The van der Waals surface area contributed by atoms with Gasteiger partial charge in [0.2, 0.25) is 6.71 Å². The van der Waals surface area contributed by atoms with Gasteiger partial charge in [-0.15, -0.1) is 0 Å². The molecule has 0 N–H and O–H groups in total. The van der Waals surface area contributed by atoms with E-state index in [4.69, 9.17) is 4.42 Å². The van der Waals surface area contributed by atoms with Crippen molar-refractivity contribution in [1.82, 2.24) is 4.90 Å². The third-order valence-corrected chi connectivity index (χ3v) is 16.0. The molecular formula is C53H61BN2O. The van der Waals surface area contributed by atoms with Crippen molar-refractivity contribution in [3.8, 4) is 0 Å². The number of anilines is 2. The van der Waals surface area contributed by atoms with Gasteiger partial charge in [0, 0.05) is 45.7 Å². The second-order valence-corrected chi connectivity index (χ2v) is 22.5. The van der Waals surface area contributed by atoms with Gasteiger partial charge >= 0.3 is 0 Å². The summed E-state index contributed by atoms with van der Waals surface area (Å²) in [6.45, 7) is 27.0. The molecule has 3 aromatic carbocycles. The first-order valence-corrected chi connectivity index (χ1v) is 22.1. The number of para-hydroxylation sites is 1. The molecule has 4 aromatic rings. The first-order valence-electron chi connectivity index (χ1n) is 22.1. The first kappa shape index (κ1) is 35.9. The maximum Gasteiger partial charge on any atom is 0.221 e. The summed E-state index contributed by atoms with van der Waals surface area (Å²) in [5.41, 5.74) is 17.6. The molecular weight excluding hydrogens is 691 g/mol. The van der Waals surface area contributed by atoms with Crippen LogP contribution in [0.1, 0.15) is 113 Å². The van der Waals surface area contributed by atoms with Gasteiger partial charge in [-0.2, -0.15) is 0 Å². The summed E-state index contributed by atoms with van der Waals surface area (Å²) in [4.78, 5) is 5.85. The van der Waals surface area contributed by atoms with Crippen LogP contribution in [0.5, 0.6) is 0 Å². The summed E-state index contributed by atoms with van der Waals surface area (Å²) in [5, 5.41) is 2.42. The van der Waals surface area contributed by atoms with E-state index in [-0.39, 0.29) is 27.7 Å². The Bertz CT molecular complexity index is 2570. The molecule has 7 aliphatic rings. The molecule has 0 spiro atoms. The zero-order valence-electron chi connectivity index (χ0n) is 36.3. The number of furan rings is 1. The van der Waals surface area contributed by atoms with E-state index in [1.165, 1.54) is 38.7 Å². The van der Waals surface area contributed by atoms with Crippen molar-refractivity contribution in [1.29, 1.82) is 0 Å². The van der Waals surface area contributed by atoms with Crippen molar-refractivity contribution in [2.45, 2.75) is 131 Å². The Kier molecular flexibility index (Phi) is 7.26. The lowest BCUT2D eigenvalue weighted by Crippen LogP contribution is -2.61. The first-order chi connectivity index (χ1) is 26.9. The van der Waals surface area contributed by atoms with Gasteiger partial charge in [-0.25, -0.2) is 0 Å². The van der Waals surface area contributed by atoms with E-state index in [0.717, 1.165) is 36.8 Å². The minimum absolute atomic E-state index is 0.0258. The van der Waals surface area contributed by atoms with E-state index in [1.54, 1.807) is 28.0 Å². The Balaban J connectivity index is 1.20. The van der Waals surface area contributed by atoms with Crippen LogP contribution in [-0.4, -0.2) is 23.7 Å². The predicted molar refractivity (Wildman–Crippen MR) is 241 cm³/mol. The van der Waals surface area contributed by atoms with E-state index >= 15 is 0 Å². The number of hydrogen-bond donors (Lipinski definition) is 0. The van der Waals surface area contributed by atoms with Crippen LogP contribution >= 0.6 is 0 Å². The van der Waals surface area contributed by atoms with Crippen LogP contribution in [0.15, 0.2) is 117 Å². The quantitative estimate of drug-likeness (QED) is 0.181. The van der Waals surface area contributed by atoms with E-state index in [2.05, 4.69) is 171 Å². The highest BCUT2D eigenvalue weighted by Gasteiger charge is 2.64. The SMILES string of the molecule is CC(C)(C)c1ccc2c(c1)N(c1cccc3c1oc1cc(C(C)(C)C)ccc13)C1CC(C(C)(C)C)CC3=C1B2C1CC=CC2=C1N3C1C3CC=CC=C3C(C)(C)C21. The molecule has 0 radical (unpaired) electrons. The Morgan fingerprint density at radius 1 is 0.789 bits per heavy atom. The van der Waals surface area contributed by atoms with Gasteiger partial charge in [-0.05, 0) is 94.0 Å². The predicted octanol–water partition coefficient (Wildman–Crippen LogP) is 13.1. The maximum atomic E-state index is 7.13. The molecule has 1 fully saturated rings. The number of rotatable bonds is 1. The second-order valence-electron chi connectivity index (χ2n) is 22.5. The van der Waals surface area contributed by atoms with E-state index in [0.29, 0.717) is 36.3 Å². The van der Waals surface area contributed by atoms with Gasteiger partial charge in [0.15, 0.2) is 5.58 Å². The highest BCUT2D eigenvalue weighted by Crippen LogP contribution is 2.67. The number of hydrogen-bond acceptors (Lipinski definition) is 3. The molecule has 57 heavy (non-hydrogen) atoms. The monoisotopic (exact) mass is 752 g/mol. The Labute approximate surface area is 341 Å². The smallest absolute Gasteiger partial charge is 0.221 e. The van der Waals surface area contributed by atoms with Crippen molar-refractivity contribution in [3.05, 3.63) is 124 Å². The third-order valence-electron chi connectivity index (χ3n) is 16.0. The van der Waals surface area contributed by atoms with Gasteiger partial charge < -0.3 is 14.2 Å². The van der Waals surface area contributed by atoms with Crippen LogP contribution < -0.4 is 10.4 Å². The third kappa shape index (κ3) is 4.85. The van der Waals surface area contributed by atoms with E-state index < -0.39 is 0 Å². The maximum absolute atomic E-state index is 7.13. The average Bonchev–Trinajstić information content (AvgIpc) is 3.79. The van der Waals surface area contributed by atoms with Crippen LogP contribution in [-0.2, 0) is 10.8 Å². The zero-order chi connectivity index (χ0) is 39.7. The van der Waals surface area contributed by atoms with Gasteiger partial charge in [0.05, 0.1) is 11.7 Å². The lowest BCUT2D eigenvalue weighted by molar-refractivity contribution is 0.162. The van der Waals surface area contributed by atoms with Gasteiger partial charge in [-0.1, -0.05) is 159 Å². The average molecular weight is 753 g/mol. The molecule has 3 aliphatic heterocycles. The Morgan fingerprint density at radius 2 is 1.54 bits per heavy atom. The van der Waals surface area contributed by atoms with Crippen LogP contribution in [0.3, 0.4) is 0 Å². The molecule has 292 valence electrons. The van der Waals surface area contributed by atoms with Gasteiger partial charge in [0.25, 0.3) is 0 Å². The number of benzene rings is 3. The molecule has 6 unspecified atom stereocenters. The lowest BCUT2D eigenvalue weighted by Gasteiger charge is -2.57. The summed E-state index contributed by atoms with van der Waals surface area (Å²) in [5.74, 6) is 2.04. The molecule has 11 rings (SSSR count). The van der Waals surface area contributed by atoms with E-state index in [9.17, 15) is 0 Å². The highest BCUT2D eigenvalue weighted by molar-refractivity contribution is 6.84. The van der Waals surface area contributed by atoms with Crippen molar-refractivity contribution in [3.63, 3.8) is 0 Å². The minimum Gasteiger partial charge on any atom is -0.454 e. The number of fused-ring (bicyclic) bond motifs is 12. The van der Waals surface area contributed by atoms with Gasteiger partial charge in [0.1, 0.15) is 5.58 Å². The normalized spacial score (nSPS) is 28.5. The summed E-state index contributed by atoms with van der Waals surface area (Å²) in [6, 6.07) is 22.2. The highest BCUT2D eigenvalue weighted by atomic mass is 16.3. The summed E-state index contributed by atoms with van der Waals surface area (Å²) >= 11 is 0. The fourth-order valence-corrected chi connectivity index (χ4v) is 13.1. The van der Waals surface area contributed by atoms with Crippen LogP contribution in [0, 0.1) is 28.6 Å². The summed E-state index contributed by atoms with van der Waals surface area (Å²) in [7, 11) is 0. The summed E-state index contributed by atoms with van der Waals surface area (Å²) in [6.07, 6.45) is 17.0. The molecule has 0 saturated heterocycles. The van der Waals surface area contributed by atoms with Crippen molar-refractivity contribution >= 4 is 45.5 Å². The van der Waals surface area contributed by atoms with Crippen LogP contribution in [0.2, 0.25) is 5.82 Å². The minimum atomic E-state index is 0.0258. The van der Waals surface area contributed by atoms with Crippen molar-refractivity contribution < 1.29 is 4.42 Å². The molecule has 4 heteroatoms. The Morgan fingerprint density at radius 3 is 2.30 bits per heavy atom. The standard InChI is InChI=1S/C53H61BN2O/c1-50(2,3)30-23-25-38-41(26-30)55(40-21-15-17-34-33-24-22-31(51(4,5)6)29-44(33)57-49(34)40)42-27-32(52(7,8)9)28-43-46(42)54(38)39-20-14-18-36-45-48(56(43)47(36)39)35-16-12-13-19-37(35)53(45,10)11/h12-15,17-19,21-26,29,32,35,39,42,45,48H,16,20,27-28H2,1-11H3. The molecule has 1 aromatic heterocycles.